The molecular formula is C14H18N4. The molecule has 18 heavy (non-hydrogen) atoms. The van der Waals surface area contributed by atoms with Gasteiger partial charge in [-0.3, -0.25) is 0 Å². The summed E-state index contributed by atoms with van der Waals surface area (Å²) in [6, 6.07) is 14.1. The zero-order chi connectivity index (χ0) is 13.0. The maximum atomic E-state index is 5.76. The van der Waals surface area contributed by atoms with Crippen molar-refractivity contribution >= 4 is 5.82 Å². The minimum atomic E-state index is 0.116. The van der Waals surface area contributed by atoms with Gasteiger partial charge in [0.1, 0.15) is 0 Å². The van der Waals surface area contributed by atoms with Gasteiger partial charge in [0.05, 0.1) is 5.69 Å². The number of anilines is 1. The summed E-state index contributed by atoms with van der Waals surface area (Å²) in [6.45, 7) is 2.74. The maximum Gasteiger partial charge on any atom is 0.151 e. The summed E-state index contributed by atoms with van der Waals surface area (Å²) in [5, 5.41) is 8.47. The second-order valence-corrected chi connectivity index (χ2v) is 4.50. The van der Waals surface area contributed by atoms with Crippen molar-refractivity contribution in [2.45, 2.75) is 13.0 Å². The molecule has 0 aliphatic rings. The van der Waals surface area contributed by atoms with Crippen molar-refractivity contribution in [1.29, 1.82) is 0 Å². The third-order valence-corrected chi connectivity index (χ3v) is 2.67. The van der Waals surface area contributed by atoms with Crippen LogP contribution in [0.1, 0.15) is 6.92 Å². The average Bonchev–Trinajstić information content (AvgIpc) is 2.39. The Morgan fingerprint density at radius 1 is 1.11 bits per heavy atom. The number of benzene rings is 1. The molecule has 1 aromatic carbocycles. The number of nitrogens with two attached hydrogens (primary N) is 1. The van der Waals surface area contributed by atoms with E-state index >= 15 is 0 Å². The van der Waals surface area contributed by atoms with Gasteiger partial charge >= 0.3 is 0 Å². The Bertz CT molecular complexity index is 479. The monoisotopic (exact) mass is 242 g/mol. The van der Waals surface area contributed by atoms with E-state index in [1.54, 1.807) is 0 Å². The predicted molar refractivity (Wildman–Crippen MR) is 74.4 cm³/mol. The SMILES string of the molecule is CC(N)CN(C)c1ccc(-c2ccccc2)nn1. The largest absolute Gasteiger partial charge is 0.357 e. The summed E-state index contributed by atoms with van der Waals surface area (Å²) in [5.74, 6) is 0.840. The van der Waals surface area contributed by atoms with E-state index in [0.29, 0.717) is 0 Å². The zero-order valence-electron chi connectivity index (χ0n) is 10.7. The molecule has 1 aromatic heterocycles. The van der Waals surface area contributed by atoms with E-state index in [-0.39, 0.29) is 6.04 Å². The number of likely N-dealkylation sites (N-methyl/N-ethyl adjacent to an activating group) is 1. The molecule has 2 aromatic rings. The predicted octanol–water partition coefficient (Wildman–Crippen LogP) is 1.93. The highest BCUT2D eigenvalue weighted by Crippen LogP contribution is 2.17. The van der Waals surface area contributed by atoms with E-state index in [4.69, 9.17) is 5.73 Å². The summed E-state index contributed by atoms with van der Waals surface area (Å²) in [5.41, 5.74) is 7.72. The van der Waals surface area contributed by atoms with Crippen LogP contribution >= 0.6 is 0 Å². The smallest absolute Gasteiger partial charge is 0.151 e. The number of hydrogen-bond donors (Lipinski definition) is 1. The lowest BCUT2D eigenvalue weighted by Crippen LogP contribution is -2.33. The lowest BCUT2D eigenvalue weighted by Gasteiger charge is -2.19. The first kappa shape index (κ1) is 12.5. The fraction of sp³-hybridized carbons (Fsp3) is 0.286. The summed E-state index contributed by atoms with van der Waals surface area (Å²) < 4.78 is 0. The highest BCUT2D eigenvalue weighted by atomic mass is 15.2. The van der Waals surface area contributed by atoms with Crippen molar-refractivity contribution in [1.82, 2.24) is 10.2 Å². The summed E-state index contributed by atoms with van der Waals surface area (Å²) in [7, 11) is 1.97. The Kier molecular flexibility index (Phi) is 3.89. The number of nitrogens with zero attached hydrogens (tertiary/aromatic N) is 3. The van der Waals surface area contributed by atoms with E-state index in [9.17, 15) is 0 Å². The Balaban J connectivity index is 2.15. The van der Waals surface area contributed by atoms with Crippen molar-refractivity contribution in [2.75, 3.05) is 18.5 Å². The molecule has 2 rings (SSSR count). The molecule has 4 heteroatoms. The molecule has 0 bridgehead atoms. The van der Waals surface area contributed by atoms with Crippen molar-refractivity contribution in [3.05, 3.63) is 42.5 Å². The standard InChI is InChI=1S/C14H18N4/c1-11(15)10-18(2)14-9-8-13(16-17-14)12-6-4-3-5-7-12/h3-9,11H,10,15H2,1-2H3. The quantitative estimate of drug-likeness (QED) is 0.890. The fourth-order valence-corrected chi connectivity index (χ4v) is 1.82. The molecule has 1 unspecified atom stereocenters. The van der Waals surface area contributed by atoms with Gasteiger partial charge in [-0.25, -0.2) is 0 Å². The lowest BCUT2D eigenvalue weighted by atomic mass is 10.1. The van der Waals surface area contributed by atoms with E-state index in [1.165, 1.54) is 0 Å². The van der Waals surface area contributed by atoms with Gasteiger partial charge in [-0.1, -0.05) is 30.3 Å². The van der Waals surface area contributed by atoms with Crippen LogP contribution in [-0.2, 0) is 0 Å². The number of hydrogen-bond acceptors (Lipinski definition) is 4. The molecule has 0 saturated carbocycles. The third-order valence-electron chi connectivity index (χ3n) is 2.67. The molecule has 0 fully saturated rings. The molecule has 0 amide bonds. The van der Waals surface area contributed by atoms with E-state index in [0.717, 1.165) is 23.6 Å². The summed E-state index contributed by atoms with van der Waals surface area (Å²) >= 11 is 0. The van der Waals surface area contributed by atoms with Gasteiger partial charge in [-0.2, -0.15) is 0 Å². The molecule has 94 valence electrons. The summed E-state index contributed by atoms with van der Waals surface area (Å²) in [6.07, 6.45) is 0. The maximum absolute atomic E-state index is 5.76. The summed E-state index contributed by atoms with van der Waals surface area (Å²) in [4.78, 5) is 2.01. The van der Waals surface area contributed by atoms with Crippen LogP contribution in [0.2, 0.25) is 0 Å². The van der Waals surface area contributed by atoms with E-state index in [2.05, 4.69) is 10.2 Å². The van der Waals surface area contributed by atoms with Crippen LogP contribution < -0.4 is 10.6 Å². The first-order chi connectivity index (χ1) is 8.66. The van der Waals surface area contributed by atoms with Gasteiger partial charge in [-0.15, -0.1) is 10.2 Å². The van der Waals surface area contributed by atoms with Crippen LogP contribution in [0.3, 0.4) is 0 Å². The van der Waals surface area contributed by atoms with Crippen molar-refractivity contribution in [3.8, 4) is 11.3 Å². The van der Waals surface area contributed by atoms with E-state index < -0.39 is 0 Å². The minimum absolute atomic E-state index is 0.116. The molecule has 0 radical (unpaired) electrons. The van der Waals surface area contributed by atoms with Gasteiger partial charge in [0.2, 0.25) is 0 Å². The molecule has 0 aliphatic carbocycles. The van der Waals surface area contributed by atoms with Crippen molar-refractivity contribution < 1.29 is 0 Å². The van der Waals surface area contributed by atoms with E-state index in [1.807, 2.05) is 61.3 Å². The highest BCUT2D eigenvalue weighted by Gasteiger charge is 2.06. The molecule has 1 heterocycles. The molecule has 0 saturated heterocycles. The molecule has 2 N–H and O–H groups in total. The van der Waals surface area contributed by atoms with Crippen molar-refractivity contribution in [2.24, 2.45) is 5.73 Å². The zero-order valence-corrected chi connectivity index (χ0v) is 10.7. The van der Waals surface area contributed by atoms with Gasteiger partial charge in [0, 0.05) is 25.2 Å². The topological polar surface area (TPSA) is 55.0 Å². The highest BCUT2D eigenvalue weighted by molar-refractivity contribution is 5.59. The Hall–Kier alpha value is -1.94. The van der Waals surface area contributed by atoms with Gasteiger partial charge < -0.3 is 10.6 Å². The molecule has 1 atom stereocenters. The molecule has 4 nitrogen and oxygen atoms in total. The Morgan fingerprint density at radius 3 is 2.39 bits per heavy atom. The normalized spacial score (nSPS) is 12.2. The minimum Gasteiger partial charge on any atom is -0.357 e. The number of rotatable bonds is 4. The Labute approximate surface area is 107 Å². The van der Waals surface area contributed by atoms with Crippen molar-refractivity contribution in [3.63, 3.8) is 0 Å². The van der Waals surface area contributed by atoms with Gasteiger partial charge in [0.15, 0.2) is 5.82 Å². The molecular weight excluding hydrogens is 224 g/mol. The lowest BCUT2D eigenvalue weighted by molar-refractivity contribution is 0.708. The molecule has 0 aliphatic heterocycles. The first-order valence-electron chi connectivity index (χ1n) is 6.02. The molecule has 0 spiro atoms. The van der Waals surface area contributed by atoms with Crippen LogP contribution in [0, 0.1) is 0 Å². The van der Waals surface area contributed by atoms with Gasteiger partial charge in [-0.05, 0) is 19.1 Å². The van der Waals surface area contributed by atoms with Crippen LogP contribution in [0.4, 0.5) is 5.82 Å². The first-order valence-corrected chi connectivity index (χ1v) is 6.02. The van der Waals surface area contributed by atoms with Gasteiger partial charge in [0.25, 0.3) is 0 Å². The Morgan fingerprint density at radius 2 is 1.83 bits per heavy atom. The number of aromatic nitrogens is 2. The second kappa shape index (κ2) is 5.60. The third kappa shape index (κ3) is 3.05. The fourth-order valence-electron chi connectivity index (χ4n) is 1.82. The van der Waals surface area contributed by atoms with Crippen LogP contribution in [0.15, 0.2) is 42.5 Å². The van der Waals surface area contributed by atoms with Crippen LogP contribution in [0.5, 0.6) is 0 Å². The average molecular weight is 242 g/mol. The second-order valence-electron chi connectivity index (χ2n) is 4.50. The van der Waals surface area contributed by atoms with Crippen LogP contribution in [0.25, 0.3) is 11.3 Å². The van der Waals surface area contributed by atoms with Crippen LogP contribution in [-0.4, -0.2) is 29.8 Å².